The lowest BCUT2D eigenvalue weighted by molar-refractivity contribution is -0.147. The third-order valence-electron chi connectivity index (χ3n) is 5.49. The van der Waals surface area contributed by atoms with Gasteiger partial charge in [-0.1, -0.05) is 32.0 Å². The van der Waals surface area contributed by atoms with Crippen LogP contribution < -0.4 is 5.32 Å². The minimum atomic E-state index is -1.20. The molecule has 0 aromatic heterocycles. The van der Waals surface area contributed by atoms with E-state index < -0.39 is 16.6 Å². The second-order valence-corrected chi connectivity index (χ2v) is 6.68. The number of para-hydroxylation sites is 1. The molecule has 0 aliphatic heterocycles. The molecule has 1 aromatic carbocycles. The quantitative estimate of drug-likeness (QED) is 0.671. The summed E-state index contributed by atoms with van der Waals surface area (Å²) in [5.74, 6) is -1.52. The Balaban J connectivity index is 1.99. The Morgan fingerprint density at radius 1 is 1.24 bits per heavy atom. The Labute approximate surface area is 123 Å². The van der Waals surface area contributed by atoms with Crippen molar-refractivity contribution in [1.82, 2.24) is 0 Å². The smallest absolute Gasteiger partial charge is 0.239 e. The Kier molecular flexibility index (Phi) is 2.84. The third kappa shape index (κ3) is 1.59. The molecule has 2 aliphatic carbocycles. The Bertz CT molecular complexity index is 662. The van der Waals surface area contributed by atoms with Crippen LogP contribution in [0.3, 0.4) is 0 Å². The molecular weight excluding hydrogens is 266 g/mol. The summed E-state index contributed by atoms with van der Waals surface area (Å²) in [5, 5.41) is 2.87. The zero-order valence-electron chi connectivity index (χ0n) is 12.5. The van der Waals surface area contributed by atoms with Gasteiger partial charge in [-0.3, -0.25) is 14.4 Å². The lowest BCUT2D eigenvalue weighted by Gasteiger charge is -2.34. The number of ketones is 2. The first kappa shape index (κ1) is 14.0. The fraction of sp³-hybridized carbons (Fsp3) is 0.471. The third-order valence-corrected chi connectivity index (χ3v) is 5.49. The number of aryl methyl sites for hydroxylation is 1. The van der Waals surface area contributed by atoms with E-state index in [0.717, 1.165) is 5.56 Å². The number of carbonyl (C=O) groups is 3. The first-order valence-corrected chi connectivity index (χ1v) is 7.28. The van der Waals surface area contributed by atoms with E-state index in [-0.39, 0.29) is 17.6 Å². The van der Waals surface area contributed by atoms with Gasteiger partial charge in [0, 0.05) is 11.6 Å². The highest BCUT2D eigenvalue weighted by atomic mass is 16.2. The molecule has 1 aromatic rings. The van der Waals surface area contributed by atoms with Crippen molar-refractivity contribution in [2.75, 3.05) is 5.32 Å². The molecule has 4 heteroatoms. The van der Waals surface area contributed by atoms with Gasteiger partial charge in [0.15, 0.2) is 0 Å². The van der Waals surface area contributed by atoms with Crippen LogP contribution in [0.25, 0.3) is 0 Å². The van der Waals surface area contributed by atoms with Gasteiger partial charge in [0.05, 0.1) is 0 Å². The lowest BCUT2D eigenvalue weighted by atomic mass is 9.68. The molecule has 2 aliphatic rings. The second kappa shape index (κ2) is 4.26. The molecule has 0 spiro atoms. The molecule has 2 atom stereocenters. The zero-order chi connectivity index (χ0) is 15.4. The first-order chi connectivity index (χ1) is 9.82. The van der Waals surface area contributed by atoms with Crippen molar-refractivity contribution in [3.05, 3.63) is 29.8 Å². The lowest BCUT2D eigenvalue weighted by Crippen LogP contribution is -2.47. The Morgan fingerprint density at radius 2 is 1.90 bits per heavy atom. The fourth-order valence-electron chi connectivity index (χ4n) is 4.03. The van der Waals surface area contributed by atoms with E-state index in [1.54, 1.807) is 0 Å². The minimum Gasteiger partial charge on any atom is -0.325 e. The molecule has 110 valence electrons. The summed E-state index contributed by atoms with van der Waals surface area (Å²) in [4.78, 5) is 37.3. The molecule has 0 radical (unpaired) electrons. The number of hydrogen-bond acceptors (Lipinski definition) is 3. The van der Waals surface area contributed by atoms with Crippen LogP contribution in [-0.4, -0.2) is 17.5 Å². The summed E-state index contributed by atoms with van der Waals surface area (Å²) < 4.78 is 0. The maximum atomic E-state index is 12.8. The normalized spacial score (nSPS) is 29.8. The highest BCUT2D eigenvalue weighted by molar-refractivity contribution is 6.48. The van der Waals surface area contributed by atoms with E-state index in [0.29, 0.717) is 18.5 Å². The van der Waals surface area contributed by atoms with Gasteiger partial charge >= 0.3 is 0 Å². The van der Waals surface area contributed by atoms with Crippen molar-refractivity contribution in [2.45, 2.75) is 33.6 Å². The van der Waals surface area contributed by atoms with Crippen molar-refractivity contribution in [1.29, 1.82) is 0 Å². The van der Waals surface area contributed by atoms with E-state index in [4.69, 9.17) is 0 Å². The molecule has 3 rings (SSSR count). The van der Waals surface area contributed by atoms with Crippen molar-refractivity contribution in [2.24, 2.45) is 16.7 Å². The fourth-order valence-corrected chi connectivity index (χ4v) is 4.03. The summed E-state index contributed by atoms with van der Waals surface area (Å²) in [5.41, 5.74) is -0.167. The summed E-state index contributed by atoms with van der Waals surface area (Å²) in [6.07, 6.45) is 1.09. The van der Waals surface area contributed by atoms with Crippen LogP contribution in [0.1, 0.15) is 32.3 Å². The maximum absolute atomic E-state index is 12.8. The van der Waals surface area contributed by atoms with E-state index in [9.17, 15) is 14.4 Å². The SMILES string of the molecule is Cc1ccccc1NC(=O)C12CCC(C(=O)C1=O)C2(C)C. The number of carbonyl (C=O) groups excluding carboxylic acids is 3. The van der Waals surface area contributed by atoms with Crippen molar-refractivity contribution in [3.63, 3.8) is 0 Å². The number of amides is 1. The standard InChI is InChI=1S/C17H19NO3/c1-10-6-4-5-7-12(10)18-15(21)17-9-8-11(16(17,2)3)13(19)14(17)20/h4-7,11H,8-9H2,1-3H3,(H,18,21). The first-order valence-electron chi connectivity index (χ1n) is 7.28. The van der Waals surface area contributed by atoms with Crippen LogP contribution in [0.2, 0.25) is 0 Å². The van der Waals surface area contributed by atoms with Crippen LogP contribution in [0.5, 0.6) is 0 Å². The van der Waals surface area contributed by atoms with Gasteiger partial charge < -0.3 is 5.32 Å². The zero-order valence-corrected chi connectivity index (χ0v) is 12.5. The molecule has 2 bridgehead atoms. The summed E-state index contributed by atoms with van der Waals surface area (Å²) in [7, 11) is 0. The molecule has 0 heterocycles. The van der Waals surface area contributed by atoms with E-state index in [2.05, 4.69) is 5.32 Å². The van der Waals surface area contributed by atoms with Crippen molar-refractivity contribution >= 4 is 23.2 Å². The van der Waals surface area contributed by atoms with Gasteiger partial charge in [0.25, 0.3) is 0 Å². The molecule has 2 saturated carbocycles. The predicted molar refractivity (Wildman–Crippen MR) is 78.8 cm³/mol. The van der Waals surface area contributed by atoms with Gasteiger partial charge in [0.1, 0.15) is 5.41 Å². The number of nitrogens with one attached hydrogen (secondary N) is 1. The van der Waals surface area contributed by atoms with Crippen molar-refractivity contribution in [3.8, 4) is 0 Å². The van der Waals surface area contributed by atoms with E-state index in [1.165, 1.54) is 0 Å². The molecule has 21 heavy (non-hydrogen) atoms. The van der Waals surface area contributed by atoms with Gasteiger partial charge in [-0.2, -0.15) is 0 Å². The summed E-state index contributed by atoms with van der Waals surface area (Å²) >= 11 is 0. The minimum absolute atomic E-state index is 0.312. The van der Waals surface area contributed by atoms with Crippen LogP contribution in [0.15, 0.2) is 24.3 Å². The van der Waals surface area contributed by atoms with Gasteiger partial charge in [-0.25, -0.2) is 0 Å². The van der Waals surface area contributed by atoms with Gasteiger partial charge in [-0.15, -0.1) is 0 Å². The number of Topliss-reactive ketones (excluding diaryl/α,β-unsaturated/α-hetero) is 2. The molecule has 4 nitrogen and oxygen atoms in total. The molecule has 2 unspecified atom stereocenters. The highest BCUT2D eigenvalue weighted by Crippen LogP contribution is 2.62. The molecule has 1 N–H and O–H groups in total. The highest BCUT2D eigenvalue weighted by Gasteiger charge is 2.72. The molecule has 2 fully saturated rings. The predicted octanol–water partition coefficient (Wildman–Crippen LogP) is 2.51. The number of rotatable bonds is 2. The number of fused-ring (bicyclic) bond motifs is 2. The topological polar surface area (TPSA) is 63.2 Å². The largest absolute Gasteiger partial charge is 0.325 e. The van der Waals surface area contributed by atoms with Crippen LogP contribution in [-0.2, 0) is 14.4 Å². The van der Waals surface area contributed by atoms with E-state index >= 15 is 0 Å². The maximum Gasteiger partial charge on any atom is 0.239 e. The average Bonchev–Trinajstić information content (AvgIpc) is 2.78. The van der Waals surface area contributed by atoms with Crippen LogP contribution >= 0.6 is 0 Å². The number of benzene rings is 1. The Morgan fingerprint density at radius 3 is 2.48 bits per heavy atom. The van der Waals surface area contributed by atoms with Gasteiger partial charge in [0.2, 0.25) is 17.5 Å². The van der Waals surface area contributed by atoms with E-state index in [1.807, 2.05) is 45.0 Å². The number of anilines is 1. The number of hydrogen-bond donors (Lipinski definition) is 1. The summed E-state index contributed by atoms with van der Waals surface area (Å²) in [6, 6.07) is 7.44. The van der Waals surface area contributed by atoms with Crippen LogP contribution in [0.4, 0.5) is 5.69 Å². The average molecular weight is 285 g/mol. The van der Waals surface area contributed by atoms with Gasteiger partial charge in [-0.05, 0) is 36.8 Å². The summed E-state index contributed by atoms with van der Waals surface area (Å²) in [6.45, 7) is 5.63. The van der Waals surface area contributed by atoms with Crippen LogP contribution in [0, 0.1) is 23.7 Å². The molecule has 0 saturated heterocycles. The second-order valence-electron chi connectivity index (χ2n) is 6.68. The molecule has 1 amide bonds. The monoisotopic (exact) mass is 285 g/mol. The van der Waals surface area contributed by atoms with Crippen molar-refractivity contribution < 1.29 is 14.4 Å². The molecular formula is C17H19NO3. The Hall–Kier alpha value is -1.97.